The first-order chi connectivity index (χ1) is 21.4. The van der Waals surface area contributed by atoms with E-state index in [9.17, 15) is 0 Å². The number of terminal acetylenes is 1. The van der Waals surface area contributed by atoms with Crippen molar-refractivity contribution in [1.82, 2.24) is 0 Å². The molecule has 3 aliphatic carbocycles. The van der Waals surface area contributed by atoms with E-state index >= 15 is 0 Å². The maximum absolute atomic E-state index is 4.00. The zero-order chi connectivity index (χ0) is 33.3. The number of allylic oxidation sites excluding steroid dienone is 9. The van der Waals surface area contributed by atoms with Crippen molar-refractivity contribution in [3.63, 3.8) is 0 Å². The Morgan fingerprint density at radius 3 is 2.11 bits per heavy atom. The van der Waals surface area contributed by atoms with Crippen molar-refractivity contribution in [2.24, 2.45) is 5.92 Å². The highest BCUT2D eigenvalue weighted by Crippen LogP contribution is 2.35. The molecule has 0 fully saturated rings. The zero-order valence-electron chi connectivity index (χ0n) is 29.5. The Balaban J connectivity index is 0.000000728. The molecule has 2 unspecified atom stereocenters. The molecule has 0 aromatic heterocycles. The van der Waals surface area contributed by atoms with E-state index < -0.39 is 0 Å². The van der Waals surface area contributed by atoms with Gasteiger partial charge in [-0.05, 0) is 83.6 Å². The fraction of sp³-hybridized carbons (Fsp3) is 0.395. The maximum atomic E-state index is 4.00. The smallest absolute Gasteiger partial charge is 0.0888 e. The van der Waals surface area contributed by atoms with Gasteiger partial charge in [-0.3, -0.25) is 0 Å². The lowest BCUT2D eigenvalue weighted by atomic mass is 9.79. The van der Waals surface area contributed by atoms with Crippen molar-refractivity contribution in [3.05, 3.63) is 131 Å². The van der Waals surface area contributed by atoms with E-state index in [0.717, 1.165) is 24.9 Å². The van der Waals surface area contributed by atoms with E-state index in [1.165, 1.54) is 40.7 Å². The molecule has 0 heterocycles. The van der Waals surface area contributed by atoms with Crippen molar-refractivity contribution in [2.75, 3.05) is 11.9 Å². The Morgan fingerprint density at radius 1 is 0.932 bits per heavy atom. The van der Waals surface area contributed by atoms with Gasteiger partial charge in [0.2, 0.25) is 0 Å². The van der Waals surface area contributed by atoms with Crippen LogP contribution in [0.25, 0.3) is 6.08 Å². The van der Waals surface area contributed by atoms with E-state index in [1.54, 1.807) is 5.57 Å². The number of rotatable bonds is 4. The summed E-state index contributed by atoms with van der Waals surface area (Å²) < 4.78 is 0. The number of benzene rings is 1. The summed E-state index contributed by atoms with van der Waals surface area (Å²) in [6.45, 7) is 18.5. The molecule has 2 atom stereocenters. The molecule has 2 aromatic carbocycles. The van der Waals surface area contributed by atoms with Crippen LogP contribution in [0, 0.1) is 44.7 Å². The zero-order valence-corrected chi connectivity index (χ0v) is 29.5. The predicted octanol–water partition coefficient (Wildman–Crippen LogP) is 12.0. The van der Waals surface area contributed by atoms with Crippen molar-refractivity contribution >= 4 is 11.8 Å². The molecule has 0 saturated carbocycles. The normalized spacial score (nSPS) is 16.9. The molecular weight excluding hydrogens is 530 g/mol. The average molecular weight is 590 g/mol. The first kappa shape index (κ1) is 40.1. The third-order valence-corrected chi connectivity index (χ3v) is 7.23. The summed E-state index contributed by atoms with van der Waals surface area (Å²) >= 11 is 0. The highest BCUT2D eigenvalue weighted by atomic mass is 15.1. The maximum Gasteiger partial charge on any atom is 0.0888 e. The molecule has 0 spiro atoms. The predicted molar refractivity (Wildman–Crippen MR) is 200 cm³/mol. The Kier molecular flexibility index (Phi) is 22.3. The Hall–Kier alpha value is -3.94. The molecule has 0 saturated heterocycles. The lowest BCUT2D eigenvalue weighted by Crippen LogP contribution is -2.30. The van der Waals surface area contributed by atoms with Crippen molar-refractivity contribution in [3.8, 4) is 12.8 Å². The first-order valence-corrected chi connectivity index (χ1v) is 16.5. The van der Waals surface area contributed by atoms with E-state index in [1.807, 2.05) is 46.8 Å². The van der Waals surface area contributed by atoms with Gasteiger partial charge >= 0.3 is 0 Å². The molecule has 44 heavy (non-hydrogen) atoms. The lowest BCUT2D eigenvalue weighted by molar-refractivity contribution is 0.674. The summed E-state index contributed by atoms with van der Waals surface area (Å²) in [5.74, 6) is 0.602. The van der Waals surface area contributed by atoms with Gasteiger partial charge in [0.15, 0.2) is 0 Å². The molecule has 236 valence electrons. The summed E-state index contributed by atoms with van der Waals surface area (Å²) in [6, 6.07) is 18.0. The molecule has 2 aromatic rings. The minimum atomic E-state index is 0.422. The third-order valence-electron chi connectivity index (χ3n) is 7.23. The Bertz CT molecular complexity index is 1220. The SMILES string of the molecule is C#C.C/C=C\C=C/CC.CC.CC.CC1=CCC(N(C)c2c#cc3c(c2)CC2C=CCCC2=C3)C=C1.Cc1ccc(C)cc1. The number of fused-ring (bicyclic) bond motifs is 2. The van der Waals surface area contributed by atoms with Gasteiger partial charge in [-0.15, -0.1) is 12.8 Å². The first-order valence-electron chi connectivity index (χ1n) is 16.5. The summed E-state index contributed by atoms with van der Waals surface area (Å²) in [5, 5.41) is 0. The minimum Gasteiger partial charge on any atom is -0.361 e. The molecule has 0 bridgehead atoms. The fourth-order valence-electron chi connectivity index (χ4n) is 4.74. The Morgan fingerprint density at radius 2 is 1.57 bits per heavy atom. The topological polar surface area (TPSA) is 3.24 Å². The average Bonchev–Trinajstić information content (AvgIpc) is 3.08. The van der Waals surface area contributed by atoms with Crippen LogP contribution < -0.4 is 4.90 Å². The highest BCUT2D eigenvalue weighted by molar-refractivity contribution is 5.63. The highest BCUT2D eigenvalue weighted by Gasteiger charge is 2.22. The summed E-state index contributed by atoms with van der Waals surface area (Å²) in [7, 11) is 2.17. The number of aryl methyl sites for hydroxylation is 2. The summed E-state index contributed by atoms with van der Waals surface area (Å²) in [6.07, 6.45) is 35.8. The van der Waals surface area contributed by atoms with E-state index in [0.29, 0.717) is 12.0 Å². The minimum absolute atomic E-state index is 0.422. The number of nitrogens with zero attached hydrogens (tertiary/aromatic N) is 1. The number of likely N-dealkylation sites (N-methyl/N-ethyl adjacent to an activating group) is 1. The van der Waals surface area contributed by atoms with Crippen LogP contribution in [-0.4, -0.2) is 13.1 Å². The van der Waals surface area contributed by atoms with Crippen LogP contribution in [0.4, 0.5) is 5.69 Å². The van der Waals surface area contributed by atoms with E-state index in [-0.39, 0.29) is 0 Å². The standard InChI is InChI=1S/C22H23N.C8H10.C7H12.2C2H6.C2H2/c1-16-7-10-21(11-8-16)23(2)22-12-9-19-13-17-5-3-4-6-18(17)14-20(19)15-22;1-7-3-5-8(2)6-4-7;1-3-5-7-6-4-2;3*1-2/h4,6-8,10,13,15,18,21H,3,5,11,14H2,1-2H3;3-6H,1-2H3;3,5-7H,4H2,1-2H3;2*1-2H3;1-2H/b;;5-3-,7-6-;;;. The summed E-state index contributed by atoms with van der Waals surface area (Å²) in [5.41, 5.74) is 9.41. The largest absolute Gasteiger partial charge is 0.361 e. The quantitative estimate of drug-likeness (QED) is 0.195. The monoisotopic (exact) mass is 589 g/mol. The molecule has 0 amide bonds. The van der Waals surface area contributed by atoms with Gasteiger partial charge in [-0.1, -0.05) is 142 Å². The van der Waals surface area contributed by atoms with Crippen molar-refractivity contribution < 1.29 is 0 Å². The van der Waals surface area contributed by atoms with Crippen LogP contribution in [0.2, 0.25) is 0 Å². The van der Waals surface area contributed by atoms with Gasteiger partial charge in [0.1, 0.15) is 0 Å². The lowest BCUT2D eigenvalue weighted by Gasteiger charge is -2.29. The second-order valence-electron chi connectivity index (χ2n) is 10.5. The summed E-state index contributed by atoms with van der Waals surface area (Å²) in [4.78, 5) is 2.33. The van der Waals surface area contributed by atoms with Gasteiger partial charge in [0, 0.05) is 18.5 Å². The number of anilines is 1. The Labute approximate surface area is 272 Å². The van der Waals surface area contributed by atoms with Crippen LogP contribution in [-0.2, 0) is 6.42 Å². The van der Waals surface area contributed by atoms with E-state index in [4.69, 9.17) is 0 Å². The molecular formula is C43H59N. The molecule has 3 aliphatic rings. The van der Waals surface area contributed by atoms with Crippen molar-refractivity contribution in [2.45, 2.75) is 100 Å². The molecule has 1 nitrogen and oxygen atoms in total. The molecule has 0 aliphatic heterocycles. The molecule has 1 heteroatoms. The third kappa shape index (κ3) is 14.5. The number of hydrogen-bond donors (Lipinski definition) is 0. The fourth-order valence-corrected chi connectivity index (χ4v) is 4.74. The van der Waals surface area contributed by atoms with Crippen LogP contribution in [0.1, 0.15) is 96.4 Å². The van der Waals surface area contributed by atoms with Gasteiger partial charge in [0.25, 0.3) is 0 Å². The van der Waals surface area contributed by atoms with Gasteiger partial charge in [-0.25, -0.2) is 0 Å². The molecule has 0 radical (unpaired) electrons. The van der Waals surface area contributed by atoms with Crippen LogP contribution in [0.15, 0.2) is 96.2 Å². The molecule has 5 rings (SSSR count). The van der Waals surface area contributed by atoms with Crippen LogP contribution in [0.5, 0.6) is 0 Å². The van der Waals surface area contributed by atoms with E-state index in [2.05, 4.69) is 144 Å². The van der Waals surface area contributed by atoms with Gasteiger partial charge < -0.3 is 4.90 Å². The van der Waals surface area contributed by atoms with Gasteiger partial charge in [-0.2, -0.15) is 0 Å². The van der Waals surface area contributed by atoms with Crippen LogP contribution in [0.3, 0.4) is 0 Å². The molecule has 0 N–H and O–H groups in total. The second-order valence-corrected chi connectivity index (χ2v) is 10.5. The van der Waals surface area contributed by atoms with Gasteiger partial charge in [0.05, 0.1) is 11.7 Å². The van der Waals surface area contributed by atoms with Crippen LogP contribution >= 0.6 is 0 Å². The second kappa shape index (κ2) is 24.5. The van der Waals surface area contributed by atoms with Crippen molar-refractivity contribution in [1.29, 1.82) is 0 Å². The number of hydrogen-bond acceptors (Lipinski definition) is 1.